The summed E-state index contributed by atoms with van der Waals surface area (Å²) in [5.41, 5.74) is 1.86. The fraction of sp³-hybridized carbons (Fsp3) is 0.300. The van der Waals surface area contributed by atoms with Crippen LogP contribution in [0.4, 0.5) is 11.4 Å². The maximum absolute atomic E-state index is 12.5. The summed E-state index contributed by atoms with van der Waals surface area (Å²) in [5, 5.41) is 3.46. The number of nitrogens with one attached hydrogen (secondary N) is 1. The number of carbonyl (C=O) groups is 2. The van der Waals surface area contributed by atoms with E-state index >= 15 is 0 Å². The molecule has 0 unspecified atom stereocenters. The molecule has 27 heavy (non-hydrogen) atoms. The summed E-state index contributed by atoms with van der Waals surface area (Å²) in [6.45, 7) is 4.53. The largest absolute Gasteiger partial charge is 0.368 e. The van der Waals surface area contributed by atoms with Gasteiger partial charge >= 0.3 is 0 Å². The molecule has 0 saturated carbocycles. The van der Waals surface area contributed by atoms with Gasteiger partial charge in [0.1, 0.15) is 0 Å². The van der Waals surface area contributed by atoms with E-state index in [4.69, 9.17) is 11.6 Å². The van der Waals surface area contributed by atoms with Crippen LogP contribution >= 0.6 is 23.4 Å². The van der Waals surface area contributed by atoms with Crippen LogP contribution in [0.3, 0.4) is 0 Å². The number of amides is 2. The monoisotopic (exact) mass is 403 g/mol. The maximum atomic E-state index is 12.5. The molecule has 1 aliphatic heterocycles. The molecule has 1 heterocycles. The summed E-state index contributed by atoms with van der Waals surface area (Å²) in [4.78, 5) is 28.7. The number of hydrogen-bond donors (Lipinski definition) is 1. The zero-order valence-corrected chi connectivity index (χ0v) is 16.7. The number of anilines is 2. The average molecular weight is 404 g/mol. The standard InChI is InChI=1S/C20H22ClN3O2S/c1-15(25)22-17-5-7-19(8-6-17)27-14-20(26)24-11-9-23(10-12-24)18-4-2-3-16(21)13-18/h2-8,13H,9-12,14H2,1H3,(H,22,25). The second-order valence-corrected chi connectivity index (χ2v) is 7.83. The van der Waals surface area contributed by atoms with Crippen molar-refractivity contribution in [2.75, 3.05) is 42.1 Å². The summed E-state index contributed by atoms with van der Waals surface area (Å²) < 4.78 is 0. The molecule has 0 bridgehead atoms. The van der Waals surface area contributed by atoms with Crippen LogP contribution in [0.2, 0.25) is 5.02 Å². The minimum Gasteiger partial charge on any atom is -0.368 e. The van der Waals surface area contributed by atoms with Gasteiger partial charge in [-0.2, -0.15) is 0 Å². The lowest BCUT2D eigenvalue weighted by atomic mass is 10.2. The van der Waals surface area contributed by atoms with Crippen LogP contribution in [0.15, 0.2) is 53.4 Å². The number of nitrogens with zero attached hydrogens (tertiary/aromatic N) is 2. The van der Waals surface area contributed by atoms with Crippen molar-refractivity contribution in [1.29, 1.82) is 0 Å². The van der Waals surface area contributed by atoms with Crippen LogP contribution in [0.5, 0.6) is 0 Å². The Balaban J connectivity index is 1.46. The number of hydrogen-bond acceptors (Lipinski definition) is 4. The zero-order chi connectivity index (χ0) is 19.2. The van der Waals surface area contributed by atoms with Crippen LogP contribution < -0.4 is 10.2 Å². The topological polar surface area (TPSA) is 52.7 Å². The van der Waals surface area contributed by atoms with Crippen LogP contribution in [0, 0.1) is 0 Å². The van der Waals surface area contributed by atoms with E-state index in [1.165, 1.54) is 18.7 Å². The van der Waals surface area contributed by atoms with Crippen LogP contribution in [0.25, 0.3) is 0 Å². The summed E-state index contributed by atoms with van der Waals surface area (Å²) in [6, 6.07) is 15.3. The highest BCUT2D eigenvalue weighted by atomic mass is 35.5. The van der Waals surface area contributed by atoms with E-state index < -0.39 is 0 Å². The molecular formula is C20H22ClN3O2S. The summed E-state index contributed by atoms with van der Waals surface area (Å²) in [6.07, 6.45) is 0. The van der Waals surface area contributed by atoms with E-state index in [2.05, 4.69) is 10.2 Å². The van der Waals surface area contributed by atoms with Crippen molar-refractivity contribution >= 4 is 46.6 Å². The van der Waals surface area contributed by atoms with E-state index in [9.17, 15) is 9.59 Å². The Labute approximate surface area is 168 Å². The van der Waals surface area contributed by atoms with Gasteiger partial charge in [-0.3, -0.25) is 9.59 Å². The molecule has 0 radical (unpaired) electrons. The lowest BCUT2D eigenvalue weighted by Crippen LogP contribution is -2.49. The summed E-state index contributed by atoms with van der Waals surface area (Å²) >= 11 is 7.58. The number of piperazine rings is 1. The van der Waals surface area contributed by atoms with Crippen molar-refractivity contribution in [2.45, 2.75) is 11.8 Å². The van der Waals surface area contributed by atoms with Crippen molar-refractivity contribution in [2.24, 2.45) is 0 Å². The van der Waals surface area contributed by atoms with Crippen molar-refractivity contribution in [3.63, 3.8) is 0 Å². The Kier molecular flexibility index (Phi) is 6.63. The van der Waals surface area contributed by atoms with E-state index in [1.54, 1.807) is 0 Å². The van der Waals surface area contributed by atoms with Gasteiger partial charge in [0.25, 0.3) is 0 Å². The number of rotatable bonds is 5. The highest BCUT2D eigenvalue weighted by Gasteiger charge is 2.21. The Hall–Kier alpha value is -2.18. The third-order valence-electron chi connectivity index (χ3n) is 4.34. The van der Waals surface area contributed by atoms with Crippen LogP contribution in [-0.4, -0.2) is 48.6 Å². The molecule has 5 nitrogen and oxygen atoms in total. The fourth-order valence-electron chi connectivity index (χ4n) is 2.96. The number of carbonyl (C=O) groups excluding carboxylic acids is 2. The van der Waals surface area contributed by atoms with E-state index in [0.717, 1.165) is 34.4 Å². The predicted molar refractivity (Wildman–Crippen MR) is 112 cm³/mol. The molecule has 3 rings (SSSR count). The minimum atomic E-state index is -0.0949. The van der Waals surface area contributed by atoms with Gasteiger partial charge in [-0.15, -0.1) is 11.8 Å². The second-order valence-electron chi connectivity index (χ2n) is 6.34. The first-order chi connectivity index (χ1) is 13.0. The molecule has 7 heteroatoms. The normalized spacial score (nSPS) is 14.1. The van der Waals surface area contributed by atoms with Gasteiger partial charge in [-0.1, -0.05) is 17.7 Å². The van der Waals surface area contributed by atoms with Crippen molar-refractivity contribution in [1.82, 2.24) is 4.90 Å². The molecule has 1 saturated heterocycles. The maximum Gasteiger partial charge on any atom is 0.233 e. The van der Waals surface area contributed by atoms with Crippen LogP contribution in [0.1, 0.15) is 6.92 Å². The van der Waals surface area contributed by atoms with Crippen molar-refractivity contribution in [3.8, 4) is 0 Å². The Bertz CT molecular complexity index is 805. The smallest absolute Gasteiger partial charge is 0.233 e. The van der Waals surface area contributed by atoms with Gasteiger partial charge in [-0.05, 0) is 42.5 Å². The fourth-order valence-corrected chi connectivity index (χ4v) is 3.95. The quantitative estimate of drug-likeness (QED) is 0.772. The highest BCUT2D eigenvalue weighted by Crippen LogP contribution is 2.23. The van der Waals surface area contributed by atoms with Gasteiger partial charge in [0.2, 0.25) is 11.8 Å². The second kappa shape index (κ2) is 9.15. The summed E-state index contributed by atoms with van der Waals surface area (Å²) in [5.74, 6) is 0.468. The Morgan fingerprint density at radius 3 is 2.41 bits per heavy atom. The molecule has 1 aliphatic rings. The number of benzene rings is 2. The van der Waals surface area contributed by atoms with Gasteiger partial charge in [0, 0.05) is 54.4 Å². The zero-order valence-electron chi connectivity index (χ0n) is 15.2. The van der Waals surface area contributed by atoms with E-state index in [-0.39, 0.29) is 11.8 Å². The average Bonchev–Trinajstić information content (AvgIpc) is 2.67. The molecule has 1 fully saturated rings. The molecular weight excluding hydrogens is 382 g/mol. The third-order valence-corrected chi connectivity index (χ3v) is 5.57. The molecule has 0 aromatic heterocycles. The number of halogens is 1. The molecule has 1 N–H and O–H groups in total. The lowest BCUT2D eigenvalue weighted by molar-refractivity contribution is -0.128. The molecule has 2 aromatic rings. The summed E-state index contributed by atoms with van der Waals surface area (Å²) in [7, 11) is 0. The van der Waals surface area contributed by atoms with Gasteiger partial charge < -0.3 is 15.1 Å². The first-order valence-electron chi connectivity index (χ1n) is 8.80. The molecule has 142 valence electrons. The van der Waals surface area contributed by atoms with Gasteiger partial charge in [0.15, 0.2) is 0 Å². The predicted octanol–water partition coefficient (Wildman–Crippen LogP) is 3.74. The minimum absolute atomic E-state index is 0.0949. The molecule has 2 amide bonds. The van der Waals surface area contributed by atoms with Crippen molar-refractivity contribution in [3.05, 3.63) is 53.6 Å². The molecule has 2 aromatic carbocycles. The molecule has 0 spiro atoms. The Morgan fingerprint density at radius 2 is 1.78 bits per heavy atom. The van der Waals surface area contributed by atoms with E-state index in [1.807, 2.05) is 53.4 Å². The highest BCUT2D eigenvalue weighted by molar-refractivity contribution is 8.00. The van der Waals surface area contributed by atoms with Crippen molar-refractivity contribution < 1.29 is 9.59 Å². The van der Waals surface area contributed by atoms with E-state index in [0.29, 0.717) is 18.8 Å². The van der Waals surface area contributed by atoms with Gasteiger partial charge in [0.05, 0.1) is 5.75 Å². The number of thioether (sulfide) groups is 1. The van der Waals surface area contributed by atoms with Gasteiger partial charge in [-0.25, -0.2) is 0 Å². The first-order valence-corrected chi connectivity index (χ1v) is 10.2. The lowest BCUT2D eigenvalue weighted by Gasteiger charge is -2.36. The first kappa shape index (κ1) is 19.6. The third kappa shape index (κ3) is 5.65. The van der Waals surface area contributed by atoms with Crippen LogP contribution in [-0.2, 0) is 9.59 Å². The molecule has 0 atom stereocenters. The SMILES string of the molecule is CC(=O)Nc1ccc(SCC(=O)N2CCN(c3cccc(Cl)c3)CC2)cc1. The molecule has 0 aliphatic carbocycles. The Morgan fingerprint density at radius 1 is 1.07 bits per heavy atom.